The Balaban J connectivity index is 2.00. The van der Waals surface area contributed by atoms with Gasteiger partial charge < -0.3 is 5.32 Å². The molecule has 2 aromatic rings. The molecule has 3 nitrogen and oxygen atoms in total. The number of rotatable bonds is 2. The average Bonchev–Trinajstić information content (AvgIpc) is 2.91. The molecule has 2 atom stereocenters. The Morgan fingerprint density at radius 1 is 1.35 bits per heavy atom. The van der Waals surface area contributed by atoms with Gasteiger partial charge in [-0.2, -0.15) is 5.10 Å². The van der Waals surface area contributed by atoms with Gasteiger partial charge in [0.05, 0.1) is 18.3 Å². The molecule has 0 aliphatic heterocycles. The van der Waals surface area contributed by atoms with Gasteiger partial charge in [-0.15, -0.1) is 0 Å². The Bertz CT molecular complexity index is 530. The van der Waals surface area contributed by atoms with E-state index >= 15 is 0 Å². The summed E-state index contributed by atoms with van der Waals surface area (Å²) in [6, 6.07) is 9.42. The van der Waals surface area contributed by atoms with Crippen molar-refractivity contribution in [1.29, 1.82) is 0 Å². The van der Waals surface area contributed by atoms with Crippen LogP contribution in [-0.4, -0.2) is 16.8 Å². The summed E-state index contributed by atoms with van der Waals surface area (Å²) in [5.74, 6) is 0. The molecule has 1 aliphatic rings. The molecule has 0 spiro atoms. The molecule has 2 unspecified atom stereocenters. The maximum Gasteiger partial charge on any atom is 0.0754 e. The normalized spacial score (nSPS) is 22.7. The summed E-state index contributed by atoms with van der Waals surface area (Å²) in [4.78, 5) is 0. The molecule has 1 heterocycles. The third-order valence-electron chi connectivity index (χ3n) is 3.59. The van der Waals surface area contributed by atoms with E-state index in [2.05, 4.69) is 52.5 Å². The second-order valence-electron chi connectivity index (χ2n) is 4.73. The van der Waals surface area contributed by atoms with Crippen molar-refractivity contribution in [2.75, 3.05) is 7.05 Å². The number of hydrogen-bond acceptors (Lipinski definition) is 2. The van der Waals surface area contributed by atoms with Gasteiger partial charge in [-0.25, -0.2) is 0 Å². The van der Waals surface area contributed by atoms with E-state index < -0.39 is 0 Å². The van der Waals surface area contributed by atoms with E-state index in [1.807, 2.05) is 13.2 Å². The molecule has 0 bridgehead atoms. The number of fused-ring (bicyclic) bond motifs is 1. The average molecular weight is 227 g/mol. The highest BCUT2D eigenvalue weighted by Crippen LogP contribution is 2.38. The minimum atomic E-state index is 0.366. The molecule has 17 heavy (non-hydrogen) atoms. The summed E-state index contributed by atoms with van der Waals surface area (Å²) in [5, 5.41) is 7.87. The molecule has 0 fully saturated rings. The fourth-order valence-electron chi connectivity index (χ4n) is 2.78. The van der Waals surface area contributed by atoms with E-state index in [-0.39, 0.29) is 0 Å². The molecular formula is C14H17N3. The molecule has 0 amide bonds. The maximum atomic E-state index is 4.46. The summed E-state index contributed by atoms with van der Waals surface area (Å²) in [6.07, 6.45) is 5.11. The Morgan fingerprint density at radius 3 is 2.88 bits per heavy atom. The lowest BCUT2D eigenvalue weighted by molar-refractivity contribution is 0.371. The number of nitrogens with one attached hydrogen (secondary N) is 1. The molecule has 1 aromatic carbocycles. The van der Waals surface area contributed by atoms with Gasteiger partial charge >= 0.3 is 0 Å². The van der Waals surface area contributed by atoms with Crippen molar-refractivity contribution in [2.24, 2.45) is 0 Å². The fourth-order valence-corrected chi connectivity index (χ4v) is 2.78. The summed E-state index contributed by atoms with van der Waals surface area (Å²) >= 11 is 0. The van der Waals surface area contributed by atoms with E-state index in [1.165, 1.54) is 16.7 Å². The number of likely N-dealkylation sites (N-methyl/N-ethyl adjacent to an activating group) is 1. The van der Waals surface area contributed by atoms with Crippen LogP contribution in [0.5, 0.6) is 0 Å². The summed E-state index contributed by atoms with van der Waals surface area (Å²) < 4.78 is 2.09. The Hall–Kier alpha value is -1.61. The molecule has 0 saturated heterocycles. The van der Waals surface area contributed by atoms with Crippen LogP contribution >= 0.6 is 0 Å². The molecule has 88 valence electrons. The number of hydrogen-bond donors (Lipinski definition) is 1. The second kappa shape index (κ2) is 4.00. The van der Waals surface area contributed by atoms with Crippen LogP contribution in [0.4, 0.5) is 0 Å². The largest absolute Gasteiger partial charge is 0.311 e. The van der Waals surface area contributed by atoms with Gasteiger partial charge in [0.2, 0.25) is 0 Å². The molecule has 1 N–H and O–H groups in total. The smallest absolute Gasteiger partial charge is 0.0754 e. The molecule has 3 heteroatoms. The molecule has 3 rings (SSSR count). The van der Waals surface area contributed by atoms with Gasteiger partial charge in [-0.05, 0) is 37.1 Å². The summed E-state index contributed by atoms with van der Waals surface area (Å²) in [5.41, 5.74) is 4.06. The minimum Gasteiger partial charge on any atom is -0.311 e. The van der Waals surface area contributed by atoms with Crippen molar-refractivity contribution in [3.8, 4) is 0 Å². The lowest BCUT2D eigenvalue weighted by Crippen LogP contribution is -2.24. The van der Waals surface area contributed by atoms with Crippen LogP contribution in [0.3, 0.4) is 0 Å². The lowest BCUT2D eigenvalue weighted by Gasteiger charge is -2.20. The Morgan fingerprint density at radius 2 is 2.18 bits per heavy atom. The standard InChI is InChI=1S/C14H17N3/c1-10-8-16-17(9-10)13-7-11-5-3-4-6-12(11)14(13)15-2/h3-6,8-9,13-15H,7H2,1-2H3. The van der Waals surface area contributed by atoms with Crippen molar-refractivity contribution in [3.05, 3.63) is 53.3 Å². The van der Waals surface area contributed by atoms with E-state index in [4.69, 9.17) is 0 Å². The van der Waals surface area contributed by atoms with Crippen LogP contribution in [-0.2, 0) is 6.42 Å². The van der Waals surface area contributed by atoms with Crippen molar-refractivity contribution >= 4 is 0 Å². The van der Waals surface area contributed by atoms with Crippen LogP contribution in [0.1, 0.15) is 28.8 Å². The Kier molecular flexibility index (Phi) is 2.48. The predicted octanol–water partition coefficient (Wildman–Crippen LogP) is 2.25. The zero-order valence-electron chi connectivity index (χ0n) is 10.2. The van der Waals surface area contributed by atoms with Crippen LogP contribution < -0.4 is 5.32 Å². The van der Waals surface area contributed by atoms with E-state index in [0.29, 0.717) is 12.1 Å². The lowest BCUT2D eigenvalue weighted by atomic mass is 10.1. The van der Waals surface area contributed by atoms with E-state index in [1.54, 1.807) is 0 Å². The SMILES string of the molecule is CNC1c2ccccc2CC1n1cc(C)cn1. The third-order valence-corrected chi connectivity index (χ3v) is 3.59. The van der Waals surface area contributed by atoms with Crippen LogP contribution in [0.15, 0.2) is 36.7 Å². The van der Waals surface area contributed by atoms with Gasteiger partial charge in [0, 0.05) is 6.20 Å². The van der Waals surface area contributed by atoms with Gasteiger partial charge in [0.25, 0.3) is 0 Å². The molecule has 1 aliphatic carbocycles. The van der Waals surface area contributed by atoms with Crippen LogP contribution in [0.25, 0.3) is 0 Å². The first kappa shape index (κ1) is 10.5. The first-order chi connectivity index (χ1) is 8.29. The minimum absolute atomic E-state index is 0.366. The van der Waals surface area contributed by atoms with Crippen molar-refractivity contribution in [1.82, 2.24) is 15.1 Å². The molecule has 0 radical (unpaired) electrons. The first-order valence-electron chi connectivity index (χ1n) is 6.05. The van der Waals surface area contributed by atoms with Crippen molar-refractivity contribution in [3.63, 3.8) is 0 Å². The zero-order valence-corrected chi connectivity index (χ0v) is 10.2. The molecule has 1 aromatic heterocycles. The monoisotopic (exact) mass is 227 g/mol. The van der Waals surface area contributed by atoms with Crippen molar-refractivity contribution in [2.45, 2.75) is 25.4 Å². The van der Waals surface area contributed by atoms with E-state index in [9.17, 15) is 0 Å². The number of benzene rings is 1. The zero-order chi connectivity index (χ0) is 11.8. The highest BCUT2D eigenvalue weighted by Gasteiger charge is 2.32. The van der Waals surface area contributed by atoms with Gasteiger partial charge in [-0.1, -0.05) is 24.3 Å². The molecular weight excluding hydrogens is 210 g/mol. The predicted molar refractivity (Wildman–Crippen MR) is 67.9 cm³/mol. The first-order valence-corrected chi connectivity index (χ1v) is 6.05. The maximum absolute atomic E-state index is 4.46. The van der Waals surface area contributed by atoms with Gasteiger partial charge in [0.1, 0.15) is 0 Å². The van der Waals surface area contributed by atoms with Gasteiger partial charge in [-0.3, -0.25) is 4.68 Å². The fraction of sp³-hybridized carbons (Fsp3) is 0.357. The van der Waals surface area contributed by atoms with E-state index in [0.717, 1.165) is 6.42 Å². The summed E-state index contributed by atoms with van der Waals surface area (Å²) in [6.45, 7) is 2.08. The third kappa shape index (κ3) is 1.67. The van der Waals surface area contributed by atoms with Crippen LogP contribution in [0, 0.1) is 6.92 Å². The number of nitrogens with zero attached hydrogens (tertiary/aromatic N) is 2. The highest BCUT2D eigenvalue weighted by molar-refractivity contribution is 5.36. The number of aromatic nitrogens is 2. The highest BCUT2D eigenvalue weighted by atomic mass is 15.3. The number of aryl methyl sites for hydroxylation is 1. The summed E-state index contributed by atoms with van der Waals surface area (Å²) in [7, 11) is 2.02. The molecule has 0 saturated carbocycles. The van der Waals surface area contributed by atoms with Crippen molar-refractivity contribution < 1.29 is 0 Å². The van der Waals surface area contributed by atoms with Gasteiger partial charge in [0.15, 0.2) is 0 Å². The second-order valence-corrected chi connectivity index (χ2v) is 4.73. The van der Waals surface area contributed by atoms with Crippen LogP contribution in [0.2, 0.25) is 0 Å². The topological polar surface area (TPSA) is 29.9 Å². The quantitative estimate of drug-likeness (QED) is 0.852. The Labute approximate surface area is 101 Å².